The van der Waals surface area contributed by atoms with E-state index >= 15 is 0 Å². The summed E-state index contributed by atoms with van der Waals surface area (Å²) in [5, 5.41) is 10.1. The number of phenolic OH excluding ortho intramolecular Hbond substituents is 1. The molecule has 0 aliphatic heterocycles. The van der Waals surface area contributed by atoms with Gasteiger partial charge in [0.25, 0.3) is 0 Å². The molecule has 0 radical (unpaired) electrons. The molecule has 1 aromatic rings. The third-order valence-corrected chi connectivity index (χ3v) is 3.01. The Morgan fingerprint density at radius 1 is 1.04 bits per heavy atom. The van der Waals surface area contributed by atoms with Gasteiger partial charge in [0.2, 0.25) is 0 Å². The number of ether oxygens (including phenoxy) is 1. The molecule has 0 amide bonds. The van der Waals surface area contributed by atoms with Crippen LogP contribution in [0.5, 0.6) is 5.75 Å². The van der Waals surface area contributed by atoms with E-state index < -0.39 is 0 Å². The molecule has 0 aliphatic rings. The van der Waals surface area contributed by atoms with Gasteiger partial charge in [0.1, 0.15) is 5.75 Å². The molecule has 0 bridgehead atoms. The van der Waals surface area contributed by atoms with Crippen LogP contribution in [0.15, 0.2) is 12.1 Å². The number of hydrogen-bond acceptors (Lipinski definition) is 3. The van der Waals surface area contributed by atoms with Gasteiger partial charge < -0.3 is 9.84 Å². The summed E-state index contributed by atoms with van der Waals surface area (Å²) in [7, 11) is 1.39. The minimum absolute atomic E-state index is 0.115. The van der Waals surface area contributed by atoms with Gasteiger partial charge >= 0.3 is 5.97 Å². The van der Waals surface area contributed by atoms with E-state index in [-0.39, 0.29) is 11.4 Å². The van der Waals surface area contributed by atoms with Crippen LogP contribution in [0.1, 0.15) is 85.4 Å². The van der Waals surface area contributed by atoms with Gasteiger partial charge in [-0.2, -0.15) is 0 Å². The van der Waals surface area contributed by atoms with Crippen molar-refractivity contribution in [3.8, 4) is 5.75 Å². The van der Waals surface area contributed by atoms with E-state index in [1.807, 2.05) is 32.9 Å². The fourth-order valence-electron chi connectivity index (χ4n) is 1.92. The smallest absolute Gasteiger partial charge is 0.305 e. The normalized spacial score (nSPS) is 10.8. The highest BCUT2D eigenvalue weighted by Crippen LogP contribution is 2.34. The van der Waals surface area contributed by atoms with Crippen molar-refractivity contribution in [1.29, 1.82) is 0 Å². The average molecular weight is 353 g/mol. The van der Waals surface area contributed by atoms with Crippen LogP contribution < -0.4 is 0 Å². The van der Waals surface area contributed by atoms with E-state index in [4.69, 9.17) is 0 Å². The fourth-order valence-corrected chi connectivity index (χ4v) is 1.92. The van der Waals surface area contributed by atoms with Crippen molar-refractivity contribution in [3.63, 3.8) is 0 Å². The number of esters is 1. The largest absolute Gasteiger partial charge is 0.507 e. The number of phenols is 1. The summed E-state index contributed by atoms with van der Waals surface area (Å²) < 4.78 is 4.64. The maximum atomic E-state index is 11.1. The number of aromatic hydroxyl groups is 1. The van der Waals surface area contributed by atoms with E-state index in [0.717, 1.165) is 16.7 Å². The van der Waals surface area contributed by atoms with Crippen molar-refractivity contribution in [2.75, 3.05) is 7.11 Å². The van der Waals surface area contributed by atoms with Gasteiger partial charge in [0.15, 0.2) is 0 Å². The number of rotatable bonds is 3. The number of hydrogen-bond donors (Lipinski definition) is 1. The zero-order valence-electron chi connectivity index (χ0n) is 18.3. The second kappa shape index (κ2) is 11.2. The van der Waals surface area contributed by atoms with Crippen LogP contribution in [0.3, 0.4) is 0 Å². The standard InChI is InChI=1S/C15H22O3.C5H12.C2H6/c1-10-8-11(6-7-13(16)18-5)9-12(14(10)17)15(2,3)4;1-5(2,3)4;1-2/h8-9,17H,6-7H2,1-5H3;1-4H3;1-2H3. The van der Waals surface area contributed by atoms with E-state index in [1.54, 1.807) is 0 Å². The molecule has 0 fully saturated rings. The van der Waals surface area contributed by atoms with Gasteiger partial charge in [-0.25, -0.2) is 0 Å². The predicted octanol–water partition coefficient (Wildman–Crippen LogP) is 6.18. The lowest BCUT2D eigenvalue weighted by Crippen LogP contribution is -2.13. The summed E-state index contributed by atoms with van der Waals surface area (Å²) in [6.07, 6.45) is 1.00. The molecule has 0 saturated heterocycles. The summed E-state index contributed by atoms with van der Waals surface area (Å²) in [6, 6.07) is 3.90. The lowest BCUT2D eigenvalue weighted by Gasteiger charge is -2.22. The van der Waals surface area contributed by atoms with Crippen molar-refractivity contribution in [2.24, 2.45) is 5.41 Å². The Morgan fingerprint density at radius 3 is 1.84 bits per heavy atom. The molecule has 146 valence electrons. The first-order valence-electron chi connectivity index (χ1n) is 9.15. The van der Waals surface area contributed by atoms with Gasteiger partial charge in [-0.15, -0.1) is 0 Å². The van der Waals surface area contributed by atoms with Gasteiger partial charge in [-0.1, -0.05) is 74.4 Å². The molecule has 0 atom stereocenters. The third-order valence-electron chi connectivity index (χ3n) is 3.01. The minimum Gasteiger partial charge on any atom is -0.507 e. The predicted molar refractivity (Wildman–Crippen MR) is 108 cm³/mol. The Labute approximate surface area is 155 Å². The quantitative estimate of drug-likeness (QED) is 0.660. The lowest BCUT2D eigenvalue weighted by molar-refractivity contribution is -0.140. The van der Waals surface area contributed by atoms with E-state index in [1.165, 1.54) is 7.11 Å². The number of carbonyl (C=O) groups excluding carboxylic acids is 1. The van der Waals surface area contributed by atoms with Crippen molar-refractivity contribution in [2.45, 2.75) is 87.5 Å². The number of aryl methyl sites for hydroxylation is 2. The average Bonchev–Trinajstić information content (AvgIpc) is 2.47. The monoisotopic (exact) mass is 352 g/mol. The first-order chi connectivity index (χ1) is 11.3. The molecule has 1 rings (SSSR count). The van der Waals surface area contributed by atoms with Gasteiger partial charge in [0.05, 0.1) is 7.11 Å². The summed E-state index contributed by atoms with van der Waals surface area (Å²) in [6.45, 7) is 20.8. The van der Waals surface area contributed by atoms with Crippen LogP contribution in [0.2, 0.25) is 0 Å². The molecular formula is C22H40O3. The molecule has 0 heterocycles. The molecular weight excluding hydrogens is 312 g/mol. The van der Waals surface area contributed by atoms with Crippen LogP contribution in [-0.2, 0) is 21.4 Å². The highest BCUT2D eigenvalue weighted by Gasteiger charge is 2.20. The summed E-state index contributed by atoms with van der Waals surface area (Å²) in [4.78, 5) is 11.1. The van der Waals surface area contributed by atoms with E-state index in [0.29, 0.717) is 24.0 Å². The fraction of sp³-hybridized carbons (Fsp3) is 0.682. The van der Waals surface area contributed by atoms with Crippen LogP contribution in [0, 0.1) is 12.3 Å². The van der Waals surface area contributed by atoms with E-state index in [2.05, 4.69) is 53.2 Å². The van der Waals surface area contributed by atoms with Gasteiger partial charge in [-0.05, 0) is 40.9 Å². The minimum atomic E-state index is -0.210. The SMILES string of the molecule is CC.CC(C)(C)C.COC(=O)CCc1cc(C)c(O)c(C(C)(C)C)c1. The van der Waals surface area contributed by atoms with Crippen molar-refractivity contribution in [3.05, 3.63) is 28.8 Å². The Bertz CT molecular complexity index is 511. The van der Waals surface area contributed by atoms with Crippen LogP contribution in [0.4, 0.5) is 0 Å². The van der Waals surface area contributed by atoms with Crippen LogP contribution >= 0.6 is 0 Å². The Morgan fingerprint density at radius 2 is 1.48 bits per heavy atom. The molecule has 0 saturated carbocycles. The molecule has 1 aromatic carbocycles. The molecule has 25 heavy (non-hydrogen) atoms. The maximum absolute atomic E-state index is 11.1. The van der Waals surface area contributed by atoms with Crippen molar-refractivity contribution >= 4 is 5.97 Å². The zero-order chi connectivity index (χ0) is 20.4. The molecule has 0 spiro atoms. The highest BCUT2D eigenvalue weighted by atomic mass is 16.5. The van der Waals surface area contributed by atoms with Crippen molar-refractivity contribution < 1.29 is 14.6 Å². The number of carbonyl (C=O) groups is 1. The van der Waals surface area contributed by atoms with Gasteiger partial charge in [0, 0.05) is 6.42 Å². The third kappa shape index (κ3) is 12.5. The number of methoxy groups -OCH3 is 1. The Balaban J connectivity index is 0. The van der Waals surface area contributed by atoms with Crippen LogP contribution in [0.25, 0.3) is 0 Å². The molecule has 1 N–H and O–H groups in total. The number of benzene rings is 1. The molecule has 0 aromatic heterocycles. The first-order valence-corrected chi connectivity index (χ1v) is 9.15. The van der Waals surface area contributed by atoms with E-state index in [9.17, 15) is 9.90 Å². The van der Waals surface area contributed by atoms with Gasteiger partial charge in [-0.3, -0.25) is 4.79 Å². The highest BCUT2D eigenvalue weighted by molar-refractivity contribution is 5.69. The second-order valence-electron chi connectivity index (χ2n) is 8.64. The lowest BCUT2D eigenvalue weighted by atomic mass is 9.83. The summed E-state index contributed by atoms with van der Waals surface area (Å²) >= 11 is 0. The Hall–Kier alpha value is -1.51. The maximum Gasteiger partial charge on any atom is 0.305 e. The topological polar surface area (TPSA) is 46.5 Å². The molecule has 3 heteroatoms. The Kier molecular flexibility index (Phi) is 11.5. The molecule has 0 aliphatic carbocycles. The molecule has 3 nitrogen and oxygen atoms in total. The molecule has 0 unspecified atom stereocenters. The zero-order valence-corrected chi connectivity index (χ0v) is 18.3. The first kappa shape index (κ1) is 25.7. The van der Waals surface area contributed by atoms with Crippen LogP contribution in [-0.4, -0.2) is 18.2 Å². The summed E-state index contributed by atoms with van der Waals surface area (Å²) in [5.74, 6) is 0.141. The second-order valence-corrected chi connectivity index (χ2v) is 8.64. The summed E-state index contributed by atoms with van der Waals surface area (Å²) in [5.41, 5.74) is 3.21. The van der Waals surface area contributed by atoms with Crippen molar-refractivity contribution in [1.82, 2.24) is 0 Å².